The van der Waals surface area contributed by atoms with E-state index in [4.69, 9.17) is 4.74 Å². The summed E-state index contributed by atoms with van der Waals surface area (Å²) in [4.78, 5) is 15.9. The first-order chi connectivity index (χ1) is 20.8. The lowest BCUT2D eigenvalue weighted by Gasteiger charge is -2.47. The summed E-state index contributed by atoms with van der Waals surface area (Å²) in [5.74, 6) is -3.87. The third-order valence-electron chi connectivity index (χ3n) is 8.89. The molecular weight excluding hydrogens is 551 g/mol. The monoisotopic (exact) mass is 589 g/mol. The summed E-state index contributed by atoms with van der Waals surface area (Å²) in [5.41, 5.74) is 5.27. The number of hydrogen-bond donors (Lipinski definition) is 2. The van der Waals surface area contributed by atoms with Crippen molar-refractivity contribution in [3.63, 3.8) is 0 Å². The Balaban J connectivity index is 1.07. The molecule has 3 aromatic rings. The minimum absolute atomic E-state index is 0.0592. The number of nitrogens with one attached hydrogen (secondary N) is 2. The average molecular weight is 590 g/mol. The van der Waals surface area contributed by atoms with E-state index in [0.29, 0.717) is 31.8 Å². The summed E-state index contributed by atoms with van der Waals surface area (Å²) in [6.45, 7) is 4.36. The molecule has 0 radical (unpaired) electrons. The number of hydrogen-bond acceptors (Lipinski definition) is 4. The van der Waals surface area contributed by atoms with Crippen molar-refractivity contribution >= 4 is 5.91 Å². The maximum absolute atomic E-state index is 13.8. The van der Waals surface area contributed by atoms with Gasteiger partial charge in [0, 0.05) is 31.2 Å². The van der Waals surface area contributed by atoms with Crippen LogP contribution in [0.15, 0.2) is 72.3 Å². The molecule has 2 atom stereocenters. The number of carbonyl (C=O) groups excluding carboxylic acids is 1. The molecule has 5 nitrogen and oxygen atoms in total. The fraction of sp³-hybridized carbons (Fsp3) is 0.400. The summed E-state index contributed by atoms with van der Waals surface area (Å²) >= 11 is 0. The highest BCUT2D eigenvalue weighted by Crippen LogP contribution is 2.36. The van der Waals surface area contributed by atoms with Crippen LogP contribution in [0.3, 0.4) is 0 Å². The molecule has 43 heavy (non-hydrogen) atoms. The van der Waals surface area contributed by atoms with Crippen LogP contribution in [0.4, 0.5) is 13.2 Å². The average Bonchev–Trinajstić information content (AvgIpc) is 3.86. The number of aryl methyl sites for hydroxylation is 2. The van der Waals surface area contributed by atoms with Gasteiger partial charge in [-0.1, -0.05) is 60.2 Å². The normalized spacial score (nSPS) is 21.3. The van der Waals surface area contributed by atoms with Crippen molar-refractivity contribution in [3.8, 4) is 5.75 Å². The molecule has 2 heterocycles. The Morgan fingerprint density at radius 3 is 2.40 bits per heavy atom. The lowest BCUT2D eigenvalue weighted by atomic mass is 9.78. The molecule has 2 bridgehead atoms. The summed E-state index contributed by atoms with van der Waals surface area (Å²) in [6, 6.07) is 18.8. The van der Waals surface area contributed by atoms with Gasteiger partial charge >= 0.3 is 0 Å². The highest BCUT2D eigenvalue weighted by atomic mass is 19.2. The fourth-order valence-corrected chi connectivity index (χ4v) is 6.24. The highest BCUT2D eigenvalue weighted by molar-refractivity contribution is 5.95. The second-order valence-corrected chi connectivity index (χ2v) is 12.1. The van der Waals surface area contributed by atoms with Gasteiger partial charge in [-0.25, -0.2) is 8.78 Å². The third kappa shape index (κ3) is 6.50. The van der Waals surface area contributed by atoms with E-state index in [2.05, 4.69) is 77.1 Å². The molecule has 8 heteroatoms. The van der Waals surface area contributed by atoms with Crippen molar-refractivity contribution in [3.05, 3.63) is 112 Å². The van der Waals surface area contributed by atoms with E-state index >= 15 is 0 Å². The van der Waals surface area contributed by atoms with Crippen LogP contribution in [0.1, 0.15) is 47.9 Å². The number of amides is 1. The maximum Gasteiger partial charge on any atom is 0.251 e. The zero-order valence-corrected chi connectivity index (χ0v) is 24.5. The van der Waals surface area contributed by atoms with Gasteiger partial charge in [-0.15, -0.1) is 0 Å². The van der Waals surface area contributed by atoms with Gasteiger partial charge in [0.1, 0.15) is 0 Å². The number of nitrogens with zero attached hydrogens (tertiary/aromatic N) is 1. The molecular formula is C35H38F3N3O2. The molecule has 0 aromatic heterocycles. The lowest BCUT2D eigenvalue weighted by Crippen LogP contribution is -2.65. The van der Waals surface area contributed by atoms with Crippen LogP contribution < -0.4 is 15.4 Å². The van der Waals surface area contributed by atoms with Gasteiger partial charge in [-0.05, 0) is 74.3 Å². The van der Waals surface area contributed by atoms with Gasteiger partial charge in [0.05, 0.1) is 18.2 Å². The van der Waals surface area contributed by atoms with E-state index in [0.717, 1.165) is 61.2 Å². The Labute approximate surface area is 251 Å². The standard InChI is InChI=1S/C35H38F3N3O2/c1-23-4-6-25(7-5-23)17-19-41(27-12-13-27)34(42)28-16-18-35(22-39-21-31(28)40-35)26-10-8-24(9-11-26)3-2-20-43-33-30(37)15-14-29(36)32(33)38/h4-11,14-16,27,31,39-40H,2-3,12-13,17-22H2,1H3. The predicted octanol–water partition coefficient (Wildman–Crippen LogP) is 5.74. The molecule has 0 spiro atoms. The second kappa shape index (κ2) is 12.5. The molecule has 2 fully saturated rings. The molecule has 3 aliphatic rings. The molecule has 2 N–H and O–H groups in total. The minimum Gasteiger partial charge on any atom is -0.488 e. The van der Waals surface area contributed by atoms with Crippen molar-refractivity contribution < 1.29 is 22.7 Å². The summed E-state index contributed by atoms with van der Waals surface area (Å²) < 4.78 is 46.2. The smallest absolute Gasteiger partial charge is 0.251 e. The minimum atomic E-state index is -1.30. The van der Waals surface area contributed by atoms with Gasteiger partial charge in [0.25, 0.3) is 5.91 Å². The summed E-state index contributed by atoms with van der Waals surface area (Å²) in [7, 11) is 0. The third-order valence-corrected chi connectivity index (χ3v) is 8.89. The molecule has 226 valence electrons. The fourth-order valence-electron chi connectivity index (χ4n) is 6.24. The Kier molecular flexibility index (Phi) is 8.59. The van der Waals surface area contributed by atoms with E-state index < -0.39 is 23.2 Å². The zero-order valence-electron chi connectivity index (χ0n) is 24.5. The molecule has 1 aliphatic carbocycles. The SMILES string of the molecule is Cc1ccc(CCN(C(=O)C2=CCC3(c4ccc(CCCOc5c(F)ccc(F)c5F)cc4)CNCC2N3)C2CC2)cc1. The number of ether oxygens (including phenoxy) is 1. The number of fused-ring (bicyclic) bond motifs is 2. The Bertz CT molecular complexity index is 1490. The first-order valence-electron chi connectivity index (χ1n) is 15.2. The second-order valence-electron chi connectivity index (χ2n) is 12.1. The first-order valence-corrected chi connectivity index (χ1v) is 15.2. The topological polar surface area (TPSA) is 53.6 Å². The van der Waals surface area contributed by atoms with Gasteiger partial charge < -0.3 is 15.0 Å². The lowest BCUT2D eigenvalue weighted by molar-refractivity contribution is -0.128. The van der Waals surface area contributed by atoms with Crippen LogP contribution in [0.2, 0.25) is 0 Å². The first kappa shape index (κ1) is 29.5. The molecule has 3 aromatic carbocycles. The molecule has 2 unspecified atom stereocenters. The van der Waals surface area contributed by atoms with E-state index in [1.165, 1.54) is 11.1 Å². The number of carbonyl (C=O) groups is 1. The van der Waals surface area contributed by atoms with E-state index in [-0.39, 0.29) is 24.1 Å². The number of piperazine rings is 1. The van der Waals surface area contributed by atoms with Gasteiger partial charge in [0.15, 0.2) is 17.4 Å². The van der Waals surface area contributed by atoms with Crippen LogP contribution in [0.5, 0.6) is 5.75 Å². The molecule has 6 rings (SSSR count). The predicted molar refractivity (Wildman–Crippen MR) is 160 cm³/mol. The molecule has 1 saturated carbocycles. The number of halogens is 3. The van der Waals surface area contributed by atoms with E-state index in [1.807, 2.05) is 0 Å². The molecule has 2 aliphatic heterocycles. The Morgan fingerprint density at radius 2 is 1.65 bits per heavy atom. The zero-order chi connectivity index (χ0) is 30.0. The van der Waals surface area contributed by atoms with Crippen LogP contribution in [0.25, 0.3) is 0 Å². The van der Waals surface area contributed by atoms with Crippen LogP contribution in [0, 0.1) is 24.4 Å². The maximum atomic E-state index is 13.8. The van der Waals surface area contributed by atoms with Gasteiger partial charge in [-0.2, -0.15) is 4.39 Å². The Morgan fingerprint density at radius 1 is 0.953 bits per heavy atom. The van der Waals surface area contributed by atoms with Crippen LogP contribution in [-0.2, 0) is 23.2 Å². The highest BCUT2D eigenvalue weighted by Gasteiger charge is 2.44. The van der Waals surface area contributed by atoms with Crippen molar-refractivity contribution in [2.75, 3.05) is 26.2 Å². The number of benzene rings is 3. The van der Waals surface area contributed by atoms with Gasteiger partial charge in [0.2, 0.25) is 5.82 Å². The van der Waals surface area contributed by atoms with Gasteiger partial charge in [-0.3, -0.25) is 10.1 Å². The summed E-state index contributed by atoms with van der Waals surface area (Å²) in [6.07, 6.45) is 7.05. The number of rotatable bonds is 11. The Hall–Kier alpha value is -3.62. The van der Waals surface area contributed by atoms with Crippen molar-refractivity contribution in [1.82, 2.24) is 15.5 Å². The van der Waals surface area contributed by atoms with E-state index in [1.54, 1.807) is 0 Å². The van der Waals surface area contributed by atoms with Crippen LogP contribution in [-0.4, -0.2) is 49.1 Å². The molecule has 1 saturated heterocycles. The van der Waals surface area contributed by atoms with Crippen molar-refractivity contribution in [2.45, 2.75) is 63.1 Å². The van der Waals surface area contributed by atoms with Crippen LogP contribution >= 0.6 is 0 Å². The summed E-state index contributed by atoms with van der Waals surface area (Å²) in [5, 5.41) is 7.38. The molecule has 1 amide bonds. The largest absolute Gasteiger partial charge is 0.488 e. The quantitative estimate of drug-likeness (QED) is 0.221. The van der Waals surface area contributed by atoms with Crippen molar-refractivity contribution in [2.24, 2.45) is 0 Å². The van der Waals surface area contributed by atoms with Crippen molar-refractivity contribution in [1.29, 1.82) is 0 Å². The van der Waals surface area contributed by atoms with E-state index in [9.17, 15) is 18.0 Å².